The number of ether oxygens (including phenoxy) is 1. The van der Waals surface area contributed by atoms with Gasteiger partial charge in [-0.15, -0.1) is 0 Å². The lowest BCUT2D eigenvalue weighted by atomic mass is 10.2. The molecule has 1 atom stereocenters. The molecule has 116 valence electrons. The molecule has 1 fully saturated rings. The van der Waals surface area contributed by atoms with E-state index in [-0.39, 0.29) is 18.0 Å². The summed E-state index contributed by atoms with van der Waals surface area (Å²) in [5.41, 5.74) is 0.573. The molecule has 0 radical (unpaired) electrons. The number of amides is 1. The lowest BCUT2D eigenvalue weighted by molar-refractivity contribution is 0.0291. The summed E-state index contributed by atoms with van der Waals surface area (Å²) >= 11 is 0. The summed E-state index contributed by atoms with van der Waals surface area (Å²) in [4.78, 5) is 13.7. The topological polar surface area (TPSA) is 41.6 Å². The predicted molar refractivity (Wildman–Crippen MR) is 79.5 cm³/mol. The number of hydrogen-bond donors (Lipinski definition) is 1. The highest BCUT2D eigenvalue weighted by Crippen LogP contribution is 2.15. The highest BCUT2D eigenvalue weighted by molar-refractivity contribution is 5.68. The maximum absolute atomic E-state index is 12.8. The fourth-order valence-electron chi connectivity index (χ4n) is 2.28. The second kappa shape index (κ2) is 6.43. The first-order valence-electron chi connectivity index (χ1n) is 7.29. The minimum atomic E-state index is -0.462. The van der Waals surface area contributed by atoms with Gasteiger partial charge < -0.3 is 15.0 Å². The van der Waals surface area contributed by atoms with Crippen LogP contribution in [0.25, 0.3) is 0 Å². The van der Waals surface area contributed by atoms with Gasteiger partial charge in [0.1, 0.15) is 11.4 Å². The third-order valence-corrected chi connectivity index (χ3v) is 3.35. The van der Waals surface area contributed by atoms with Crippen molar-refractivity contribution in [3.63, 3.8) is 0 Å². The van der Waals surface area contributed by atoms with E-state index < -0.39 is 5.60 Å². The van der Waals surface area contributed by atoms with Crippen molar-refractivity contribution >= 4 is 6.09 Å². The normalized spacial score (nSPS) is 18.9. The largest absolute Gasteiger partial charge is 0.444 e. The summed E-state index contributed by atoms with van der Waals surface area (Å²) in [5, 5.41) is 3.39. The van der Waals surface area contributed by atoms with Gasteiger partial charge in [0.15, 0.2) is 0 Å². The van der Waals surface area contributed by atoms with Crippen molar-refractivity contribution in [1.29, 1.82) is 0 Å². The van der Waals surface area contributed by atoms with Gasteiger partial charge in [0.05, 0.1) is 0 Å². The standard InChI is InChI=1S/C16H23FN2O2/c1-16(2,3)21-15(20)19-9-8-14(11-19)18-10-12-4-6-13(17)7-5-12/h4-7,14,18H,8-11H2,1-3H3/t14-/m1/s1. The van der Waals surface area contributed by atoms with Gasteiger partial charge in [-0.3, -0.25) is 0 Å². The molecule has 1 aromatic rings. The Labute approximate surface area is 125 Å². The number of hydrogen-bond acceptors (Lipinski definition) is 3. The van der Waals surface area contributed by atoms with E-state index >= 15 is 0 Å². The van der Waals surface area contributed by atoms with Gasteiger partial charge in [0.2, 0.25) is 0 Å². The van der Waals surface area contributed by atoms with Gasteiger partial charge in [-0.25, -0.2) is 9.18 Å². The lowest BCUT2D eigenvalue weighted by Crippen LogP contribution is -2.38. The third kappa shape index (κ3) is 5.01. The Balaban J connectivity index is 1.77. The molecule has 2 rings (SSSR count). The zero-order valence-electron chi connectivity index (χ0n) is 12.9. The molecule has 0 aliphatic carbocycles. The molecule has 0 saturated carbocycles. The molecule has 0 aromatic heterocycles. The predicted octanol–water partition coefficient (Wildman–Crippen LogP) is 2.92. The number of rotatable bonds is 3. The second-order valence-corrected chi connectivity index (χ2v) is 6.42. The Morgan fingerprint density at radius 1 is 1.38 bits per heavy atom. The number of nitrogens with one attached hydrogen (secondary N) is 1. The molecule has 1 aromatic carbocycles. The van der Waals surface area contributed by atoms with E-state index in [9.17, 15) is 9.18 Å². The lowest BCUT2D eigenvalue weighted by Gasteiger charge is -2.24. The van der Waals surface area contributed by atoms with Crippen molar-refractivity contribution < 1.29 is 13.9 Å². The van der Waals surface area contributed by atoms with Gasteiger partial charge in [-0.2, -0.15) is 0 Å². The van der Waals surface area contributed by atoms with Crippen LogP contribution in [0.15, 0.2) is 24.3 Å². The summed E-state index contributed by atoms with van der Waals surface area (Å²) in [6.07, 6.45) is 0.647. The Bertz CT molecular complexity index is 482. The van der Waals surface area contributed by atoms with Crippen LogP contribution in [-0.4, -0.2) is 35.7 Å². The molecule has 5 heteroatoms. The molecule has 1 aliphatic rings. The molecule has 1 N–H and O–H groups in total. The number of carbonyl (C=O) groups is 1. The van der Waals surface area contributed by atoms with Gasteiger partial charge in [0.25, 0.3) is 0 Å². The Kier molecular flexibility index (Phi) is 4.83. The first-order chi connectivity index (χ1) is 9.83. The fraction of sp³-hybridized carbons (Fsp3) is 0.562. The van der Waals surface area contributed by atoms with E-state index in [0.717, 1.165) is 12.0 Å². The molecule has 1 amide bonds. The molecule has 0 spiro atoms. The molecular weight excluding hydrogens is 271 g/mol. The summed E-state index contributed by atoms with van der Waals surface area (Å²) in [5.74, 6) is -0.226. The number of carbonyl (C=O) groups excluding carboxylic acids is 1. The molecule has 0 unspecified atom stereocenters. The maximum Gasteiger partial charge on any atom is 0.410 e. The van der Waals surface area contributed by atoms with Crippen molar-refractivity contribution in [2.45, 2.75) is 45.4 Å². The highest BCUT2D eigenvalue weighted by atomic mass is 19.1. The minimum absolute atomic E-state index is 0.226. The van der Waals surface area contributed by atoms with Crippen molar-refractivity contribution in [3.8, 4) is 0 Å². The number of nitrogens with zero attached hydrogens (tertiary/aromatic N) is 1. The summed E-state index contributed by atoms with van der Waals surface area (Å²) in [7, 11) is 0. The maximum atomic E-state index is 12.8. The number of likely N-dealkylation sites (tertiary alicyclic amines) is 1. The van der Waals surface area contributed by atoms with Gasteiger partial charge in [-0.05, 0) is 44.9 Å². The number of benzene rings is 1. The van der Waals surface area contributed by atoms with Crippen LogP contribution in [0.3, 0.4) is 0 Å². The molecule has 0 bridgehead atoms. The molecular formula is C16H23FN2O2. The van der Waals surface area contributed by atoms with Gasteiger partial charge in [-0.1, -0.05) is 12.1 Å². The van der Waals surface area contributed by atoms with Crippen LogP contribution in [0, 0.1) is 5.82 Å². The van der Waals surface area contributed by atoms with Gasteiger partial charge >= 0.3 is 6.09 Å². The Hall–Kier alpha value is -1.62. The molecule has 1 heterocycles. The van der Waals surface area contributed by atoms with Crippen LogP contribution >= 0.6 is 0 Å². The average Bonchev–Trinajstić information content (AvgIpc) is 2.85. The first kappa shape index (κ1) is 15.8. The summed E-state index contributed by atoms with van der Waals surface area (Å²) in [6, 6.07) is 6.70. The zero-order chi connectivity index (χ0) is 15.5. The van der Waals surface area contributed by atoms with E-state index in [0.29, 0.717) is 19.6 Å². The van der Waals surface area contributed by atoms with E-state index in [4.69, 9.17) is 4.74 Å². The highest BCUT2D eigenvalue weighted by Gasteiger charge is 2.29. The SMILES string of the molecule is CC(C)(C)OC(=O)N1CC[C@@H](NCc2ccc(F)cc2)C1. The van der Waals surface area contributed by atoms with E-state index in [2.05, 4.69) is 5.32 Å². The zero-order valence-corrected chi connectivity index (χ0v) is 12.9. The summed E-state index contributed by atoms with van der Waals surface area (Å²) in [6.45, 7) is 7.63. The molecule has 4 nitrogen and oxygen atoms in total. The van der Waals surface area contributed by atoms with E-state index in [1.165, 1.54) is 12.1 Å². The van der Waals surface area contributed by atoms with Crippen molar-refractivity contribution in [1.82, 2.24) is 10.2 Å². The Morgan fingerprint density at radius 3 is 2.67 bits per heavy atom. The van der Waals surface area contributed by atoms with Crippen molar-refractivity contribution in [2.24, 2.45) is 0 Å². The smallest absolute Gasteiger partial charge is 0.410 e. The van der Waals surface area contributed by atoms with Crippen LogP contribution in [0.4, 0.5) is 9.18 Å². The third-order valence-electron chi connectivity index (χ3n) is 3.35. The monoisotopic (exact) mass is 294 g/mol. The number of halogens is 1. The van der Waals surface area contributed by atoms with Crippen LogP contribution in [0.2, 0.25) is 0 Å². The summed E-state index contributed by atoms with van der Waals surface area (Å²) < 4.78 is 18.2. The first-order valence-corrected chi connectivity index (χ1v) is 7.29. The quantitative estimate of drug-likeness (QED) is 0.932. The van der Waals surface area contributed by atoms with Crippen LogP contribution < -0.4 is 5.32 Å². The van der Waals surface area contributed by atoms with Gasteiger partial charge in [0, 0.05) is 25.7 Å². The minimum Gasteiger partial charge on any atom is -0.444 e. The van der Waals surface area contributed by atoms with E-state index in [1.807, 2.05) is 20.8 Å². The Morgan fingerprint density at radius 2 is 2.05 bits per heavy atom. The molecule has 1 aliphatic heterocycles. The second-order valence-electron chi connectivity index (χ2n) is 6.42. The van der Waals surface area contributed by atoms with Crippen LogP contribution in [0.1, 0.15) is 32.8 Å². The van der Waals surface area contributed by atoms with Crippen molar-refractivity contribution in [2.75, 3.05) is 13.1 Å². The van der Waals surface area contributed by atoms with E-state index in [1.54, 1.807) is 17.0 Å². The molecule has 21 heavy (non-hydrogen) atoms. The average molecular weight is 294 g/mol. The fourth-order valence-corrected chi connectivity index (χ4v) is 2.28. The van der Waals surface area contributed by atoms with Crippen LogP contribution in [0.5, 0.6) is 0 Å². The van der Waals surface area contributed by atoms with Crippen LogP contribution in [-0.2, 0) is 11.3 Å². The molecule has 1 saturated heterocycles. The van der Waals surface area contributed by atoms with Crippen molar-refractivity contribution in [3.05, 3.63) is 35.6 Å².